The molecule has 2 aliphatic heterocycles. The number of amides is 1. The van der Waals surface area contributed by atoms with Gasteiger partial charge in [-0.3, -0.25) is 14.9 Å². The Kier molecular flexibility index (Phi) is 8.40. The molecule has 0 aliphatic carbocycles. The van der Waals surface area contributed by atoms with E-state index in [2.05, 4.69) is 42.4 Å². The van der Waals surface area contributed by atoms with Crippen LogP contribution in [-0.4, -0.2) is 81.7 Å². The fourth-order valence-corrected chi connectivity index (χ4v) is 5.62. The van der Waals surface area contributed by atoms with E-state index in [4.69, 9.17) is 14.3 Å². The van der Waals surface area contributed by atoms with Crippen LogP contribution in [0.5, 0.6) is 5.88 Å². The summed E-state index contributed by atoms with van der Waals surface area (Å²) in [4.78, 5) is 51.9. The smallest absolute Gasteiger partial charge is 0.280 e. The number of ether oxygens (including phenoxy) is 2. The van der Waals surface area contributed by atoms with Crippen molar-refractivity contribution in [2.24, 2.45) is 11.1 Å². The van der Waals surface area contributed by atoms with Crippen molar-refractivity contribution in [3.05, 3.63) is 71.8 Å². The molecule has 4 aromatic rings. The van der Waals surface area contributed by atoms with E-state index in [1.165, 1.54) is 11.3 Å². The Hall–Kier alpha value is -4.33. The van der Waals surface area contributed by atoms with Gasteiger partial charge in [-0.1, -0.05) is 40.8 Å². The predicted octanol–water partition coefficient (Wildman–Crippen LogP) is 3.34. The van der Waals surface area contributed by atoms with Crippen LogP contribution in [0.3, 0.4) is 0 Å². The average Bonchev–Trinajstić information content (AvgIpc) is 3.77. The molecule has 3 aromatic heterocycles. The first-order valence-electron chi connectivity index (χ1n) is 13.6. The molecule has 216 valence electrons. The number of hydrogen-bond acceptors (Lipinski definition) is 12. The Bertz CT molecular complexity index is 1590. The predicted molar refractivity (Wildman–Crippen MR) is 156 cm³/mol. The molecule has 0 saturated carbocycles. The molecule has 0 radical (unpaired) electrons. The van der Waals surface area contributed by atoms with Crippen LogP contribution in [0, 0.1) is 5.92 Å². The highest BCUT2D eigenvalue weighted by Crippen LogP contribution is 2.27. The van der Waals surface area contributed by atoms with E-state index in [-0.39, 0.29) is 30.1 Å². The minimum absolute atomic E-state index is 0.00993. The lowest BCUT2D eigenvalue weighted by atomic mass is 9.96. The Labute approximate surface area is 245 Å². The molecule has 0 spiro atoms. The minimum Gasteiger partial charge on any atom is -0.473 e. The molecule has 1 unspecified atom stereocenters. The van der Waals surface area contributed by atoms with Gasteiger partial charge in [0.25, 0.3) is 5.91 Å². The van der Waals surface area contributed by atoms with Crippen molar-refractivity contribution in [3.8, 4) is 5.88 Å². The summed E-state index contributed by atoms with van der Waals surface area (Å²) in [6.45, 7) is 2.83. The molecular weight excluding hydrogens is 558 g/mol. The summed E-state index contributed by atoms with van der Waals surface area (Å²) in [6.07, 6.45) is 4.94. The van der Waals surface area contributed by atoms with Gasteiger partial charge in [-0.2, -0.15) is 0 Å². The number of carbonyl (C=O) groups excluding carboxylic acids is 2. The van der Waals surface area contributed by atoms with Gasteiger partial charge in [0.05, 0.1) is 6.61 Å². The molecule has 6 rings (SSSR count). The number of hydrogen-bond donors (Lipinski definition) is 1. The minimum atomic E-state index is -0.531. The van der Waals surface area contributed by atoms with Gasteiger partial charge in [0.2, 0.25) is 5.88 Å². The number of thiazole rings is 1. The largest absolute Gasteiger partial charge is 0.473 e. The van der Waals surface area contributed by atoms with Crippen molar-refractivity contribution < 1.29 is 23.9 Å². The Morgan fingerprint density at radius 2 is 1.90 bits per heavy atom. The van der Waals surface area contributed by atoms with Crippen molar-refractivity contribution >= 4 is 44.2 Å². The Morgan fingerprint density at radius 1 is 1.10 bits per heavy atom. The maximum atomic E-state index is 13.5. The Morgan fingerprint density at radius 3 is 2.64 bits per heavy atom. The van der Waals surface area contributed by atoms with Gasteiger partial charge >= 0.3 is 0 Å². The van der Waals surface area contributed by atoms with Gasteiger partial charge in [0.1, 0.15) is 16.5 Å². The van der Waals surface area contributed by atoms with Crippen LogP contribution in [0.1, 0.15) is 34.6 Å². The zero-order valence-electron chi connectivity index (χ0n) is 22.9. The summed E-state index contributed by atoms with van der Waals surface area (Å²) in [5.74, 6) is 0.281. The molecule has 2 saturated heterocycles. The SMILES string of the molecule is CN1CCC(Oc2ccc3nc(NC(=O)/C(=N\OCc4ncccn4)c4ccc(C(=O)[C@H]5CCOC5)cc4)sc3n2)C1. The molecule has 2 fully saturated rings. The van der Waals surface area contributed by atoms with Crippen molar-refractivity contribution in [3.63, 3.8) is 0 Å². The number of likely N-dealkylation sites (tertiary alicyclic amines) is 1. The molecule has 12 nitrogen and oxygen atoms in total. The number of oxime groups is 1. The van der Waals surface area contributed by atoms with E-state index >= 15 is 0 Å². The lowest BCUT2D eigenvalue weighted by Gasteiger charge is -2.12. The molecule has 1 amide bonds. The number of likely N-dealkylation sites (N-methyl/N-ethyl adjacent to an activating group) is 1. The van der Waals surface area contributed by atoms with Crippen molar-refractivity contribution in [2.45, 2.75) is 25.6 Å². The summed E-state index contributed by atoms with van der Waals surface area (Å²) in [7, 11) is 2.07. The number of carbonyl (C=O) groups is 2. The van der Waals surface area contributed by atoms with Gasteiger partial charge in [-0.25, -0.2) is 19.9 Å². The zero-order chi connectivity index (χ0) is 28.9. The van der Waals surface area contributed by atoms with Gasteiger partial charge in [-0.05, 0) is 32.0 Å². The van der Waals surface area contributed by atoms with Crippen LogP contribution in [0.4, 0.5) is 5.13 Å². The number of pyridine rings is 1. The third kappa shape index (κ3) is 6.59. The lowest BCUT2D eigenvalue weighted by molar-refractivity contribution is -0.110. The second kappa shape index (κ2) is 12.7. The topological polar surface area (TPSA) is 141 Å². The Balaban J connectivity index is 1.20. The molecule has 5 heterocycles. The van der Waals surface area contributed by atoms with Gasteiger partial charge in [0, 0.05) is 55.2 Å². The first-order valence-corrected chi connectivity index (χ1v) is 14.5. The van der Waals surface area contributed by atoms with Gasteiger partial charge in [-0.15, -0.1) is 0 Å². The number of anilines is 1. The quantitative estimate of drug-likeness (QED) is 0.167. The van der Waals surface area contributed by atoms with E-state index in [1.807, 2.05) is 6.07 Å². The van der Waals surface area contributed by atoms with Gasteiger partial charge in [0.15, 0.2) is 29.1 Å². The third-order valence-corrected chi connectivity index (χ3v) is 7.89. The van der Waals surface area contributed by atoms with Crippen LogP contribution >= 0.6 is 11.3 Å². The normalized spacial score (nSPS) is 19.2. The maximum Gasteiger partial charge on any atom is 0.280 e. The highest BCUT2D eigenvalue weighted by atomic mass is 32.1. The number of nitrogens with one attached hydrogen (secondary N) is 1. The third-order valence-electron chi connectivity index (χ3n) is 7.01. The highest BCUT2D eigenvalue weighted by molar-refractivity contribution is 7.22. The number of aromatic nitrogens is 4. The standard InChI is InChI=1S/C29H29N7O5S/c1-36-13-9-21(15-36)41-24-8-7-22-28(33-24)42-29(32-22)34-27(38)25(35-40-17-23-30-11-2-12-31-23)18-3-5-19(6-4-18)26(37)20-10-14-39-16-20/h2-8,11-12,20-21H,9-10,13-17H2,1H3,(H,32,34,38)/b35-25-/t20-,21?/m0/s1. The number of benzene rings is 1. The number of rotatable bonds is 10. The summed E-state index contributed by atoms with van der Waals surface area (Å²) in [5.41, 5.74) is 1.67. The van der Waals surface area contributed by atoms with Crippen LogP contribution in [0.15, 0.2) is 60.0 Å². The average molecular weight is 588 g/mol. The van der Waals surface area contributed by atoms with Crippen LogP contribution in [-0.2, 0) is 21.0 Å². The fraction of sp³-hybridized carbons (Fsp3) is 0.345. The van der Waals surface area contributed by atoms with E-state index in [0.717, 1.165) is 19.5 Å². The second-order valence-electron chi connectivity index (χ2n) is 10.1. The van der Waals surface area contributed by atoms with E-state index < -0.39 is 5.91 Å². The first kappa shape index (κ1) is 27.8. The monoisotopic (exact) mass is 587 g/mol. The molecule has 42 heavy (non-hydrogen) atoms. The summed E-state index contributed by atoms with van der Waals surface area (Å²) < 4.78 is 11.4. The summed E-state index contributed by atoms with van der Waals surface area (Å²) in [6, 6.07) is 12.0. The molecule has 13 heteroatoms. The highest BCUT2D eigenvalue weighted by Gasteiger charge is 2.26. The van der Waals surface area contributed by atoms with E-state index in [9.17, 15) is 9.59 Å². The van der Waals surface area contributed by atoms with Crippen molar-refractivity contribution in [1.82, 2.24) is 24.8 Å². The van der Waals surface area contributed by atoms with Crippen LogP contribution in [0.25, 0.3) is 10.3 Å². The van der Waals surface area contributed by atoms with E-state index in [0.29, 0.717) is 57.9 Å². The number of fused-ring (bicyclic) bond motifs is 1. The zero-order valence-corrected chi connectivity index (χ0v) is 23.7. The van der Waals surface area contributed by atoms with Gasteiger partial charge < -0.3 is 19.2 Å². The number of Topliss-reactive ketones (excluding diaryl/α,β-unsaturated/α-hetero) is 1. The van der Waals surface area contributed by atoms with Crippen molar-refractivity contribution in [1.29, 1.82) is 0 Å². The van der Waals surface area contributed by atoms with Crippen LogP contribution < -0.4 is 10.1 Å². The number of ketones is 1. The van der Waals surface area contributed by atoms with Crippen molar-refractivity contribution in [2.75, 3.05) is 38.7 Å². The first-order chi connectivity index (χ1) is 20.5. The molecule has 2 aliphatic rings. The van der Waals surface area contributed by atoms with E-state index in [1.54, 1.807) is 48.8 Å². The molecule has 0 bridgehead atoms. The summed E-state index contributed by atoms with van der Waals surface area (Å²) in [5, 5.41) is 7.29. The second-order valence-corrected chi connectivity index (χ2v) is 11.1. The maximum absolute atomic E-state index is 13.5. The van der Waals surface area contributed by atoms with Crippen LogP contribution in [0.2, 0.25) is 0 Å². The molecule has 1 aromatic carbocycles. The lowest BCUT2D eigenvalue weighted by Crippen LogP contribution is -2.24. The molecular formula is C29H29N7O5S. The summed E-state index contributed by atoms with van der Waals surface area (Å²) >= 11 is 1.24. The molecule has 1 N–H and O–H groups in total. The molecule has 2 atom stereocenters. The number of nitrogens with zero attached hydrogens (tertiary/aromatic N) is 6. The fourth-order valence-electron chi connectivity index (χ4n) is 4.79.